The number of ether oxygens (including phenoxy) is 3. The lowest BCUT2D eigenvalue weighted by Gasteiger charge is -2.23. The Balaban J connectivity index is 3.46. The molecule has 5 heteroatoms. The normalized spacial score (nSPS) is 11.7. The maximum absolute atomic E-state index is 5.57. The first-order valence-electron chi connectivity index (χ1n) is 7.27. The van der Waals surface area contributed by atoms with E-state index in [0.29, 0.717) is 32.3 Å². The van der Waals surface area contributed by atoms with Crippen molar-refractivity contribution in [2.45, 2.75) is 20.3 Å². The van der Waals surface area contributed by atoms with Crippen LogP contribution < -0.4 is 5.73 Å². The molecule has 0 fully saturated rings. The Bertz CT molecular complexity index is 180. The van der Waals surface area contributed by atoms with E-state index < -0.39 is 0 Å². The van der Waals surface area contributed by atoms with Crippen LogP contribution in [0.1, 0.15) is 20.3 Å². The van der Waals surface area contributed by atoms with Gasteiger partial charge in [0.1, 0.15) is 0 Å². The van der Waals surface area contributed by atoms with Gasteiger partial charge in [0, 0.05) is 20.2 Å². The lowest BCUT2D eigenvalue weighted by atomic mass is 10.2. The molecule has 0 radical (unpaired) electrons. The Kier molecular flexibility index (Phi) is 14.1. The van der Waals surface area contributed by atoms with Crippen LogP contribution in [0.4, 0.5) is 0 Å². The molecule has 0 aliphatic carbocycles. The molecule has 19 heavy (non-hydrogen) atoms. The predicted octanol–water partition coefficient (Wildman–Crippen LogP) is 0.973. The summed E-state index contributed by atoms with van der Waals surface area (Å²) in [5.74, 6) is 0.676. The van der Waals surface area contributed by atoms with Gasteiger partial charge in [0.15, 0.2) is 0 Å². The first-order chi connectivity index (χ1) is 9.20. The van der Waals surface area contributed by atoms with Crippen molar-refractivity contribution in [2.24, 2.45) is 11.7 Å². The highest BCUT2D eigenvalue weighted by Crippen LogP contribution is 1.99. The monoisotopic (exact) mass is 276 g/mol. The molecule has 0 heterocycles. The van der Waals surface area contributed by atoms with Gasteiger partial charge in [-0.25, -0.2) is 0 Å². The number of nitrogens with zero attached hydrogens (tertiary/aromatic N) is 1. The van der Waals surface area contributed by atoms with E-state index in [2.05, 4.69) is 18.7 Å². The molecule has 5 nitrogen and oxygen atoms in total. The van der Waals surface area contributed by atoms with Crippen molar-refractivity contribution in [1.29, 1.82) is 0 Å². The summed E-state index contributed by atoms with van der Waals surface area (Å²) in [6.45, 7) is 11.7. The largest absolute Gasteiger partial charge is 0.382 e. The number of hydrogen-bond donors (Lipinski definition) is 1. The zero-order valence-electron chi connectivity index (χ0n) is 12.9. The fourth-order valence-corrected chi connectivity index (χ4v) is 1.78. The minimum absolute atomic E-state index is 0.635. The van der Waals surface area contributed by atoms with Gasteiger partial charge in [0.05, 0.1) is 33.0 Å². The van der Waals surface area contributed by atoms with Gasteiger partial charge in [0.2, 0.25) is 0 Å². The molecule has 0 aliphatic rings. The van der Waals surface area contributed by atoms with Crippen molar-refractivity contribution < 1.29 is 14.2 Å². The van der Waals surface area contributed by atoms with Gasteiger partial charge >= 0.3 is 0 Å². The highest BCUT2D eigenvalue weighted by Gasteiger charge is 2.06. The fraction of sp³-hybridized carbons (Fsp3) is 1.00. The number of methoxy groups -OCH3 is 1. The second kappa shape index (κ2) is 14.2. The van der Waals surface area contributed by atoms with Crippen molar-refractivity contribution in [2.75, 3.05) is 66.3 Å². The smallest absolute Gasteiger partial charge is 0.0701 e. The highest BCUT2D eigenvalue weighted by atomic mass is 16.5. The molecule has 0 aliphatic heterocycles. The van der Waals surface area contributed by atoms with Gasteiger partial charge in [-0.15, -0.1) is 0 Å². The average Bonchev–Trinajstić information content (AvgIpc) is 2.38. The first kappa shape index (κ1) is 18.8. The zero-order chi connectivity index (χ0) is 14.3. The minimum atomic E-state index is 0.635. The second-order valence-electron chi connectivity index (χ2n) is 5.05. The van der Waals surface area contributed by atoms with Gasteiger partial charge in [-0.1, -0.05) is 13.8 Å². The van der Waals surface area contributed by atoms with E-state index in [-0.39, 0.29) is 0 Å². The molecule has 0 aromatic carbocycles. The zero-order valence-corrected chi connectivity index (χ0v) is 12.9. The summed E-state index contributed by atoms with van der Waals surface area (Å²) in [5, 5.41) is 0. The van der Waals surface area contributed by atoms with E-state index >= 15 is 0 Å². The molecule has 0 aromatic rings. The summed E-state index contributed by atoms with van der Waals surface area (Å²) in [6, 6.07) is 0. The van der Waals surface area contributed by atoms with Crippen molar-refractivity contribution in [3.05, 3.63) is 0 Å². The lowest BCUT2D eigenvalue weighted by molar-refractivity contribution is 0.0188. The molecule has 0 unspecified atom stereocenters. The molecule has 2 N–H and O–H groups in total. The average molecular weight is 276 g/mol. The van der Waals surface area contributed by atoms with E-state index in [0.717, 1.165) is 39.2 Å². The van der Waals surface area contributed by atoms with Crippen molar-refractivity contribution >= 4 is 0 Å². The topological polar surface area (TPSA) is 57.0 Å². The molecule has 0 rings (SSSR count). The molecule has 0 aromatic heterocycles. The van der Waals surface area contributed by atoms with E-state index in [1.165, 1.54) is 0 Å². The molecule has 0 spiro atoms. The molecule has 0 bridgehead atoms. The Morgan fingerprint density at radius 2 is 1.58 bits per heavy atom. The van der Waals surface area contributed by atoms with Crippen LogP contribution in [-0.4, -0.2) is 71.2 Å². The van der Waals surface area contributed by atoms with Gasteiger partial charge in [-0.2, -0.15) is 0 Å². The number of hydrogen-bond acceptors (Lipinski definition) is 5. The molecule has 0 saturated carbocycles. The SMILES string of the molecule is COCCOCCOCCN(CCCN)CC(C)C. The highest BCUT2D eigenvalue weighted by molar-refractivity contribution is 4.60. The van der Waals surface area contributed by atoms with Gasteiger partial charge < -0.3 is 24.8 Å². The van der Waals surface area contributed by atoms with Crippen LogP contribution in [0.25, 0.3) is 0 Å². The third-order valence-corrected chi connectivity index (χ3v) is 2.66. The molecular weight excluding hydrogens is 244 g/mol. The summed E-state index contributed by atoms with van der Waals surface area (Å²) in [6.07, 6.45) is 1.05. The summed E-state index contributed by atoms with van der Waals surface area (Å²) >= 11 is 0. The van der Waals surface area contributed by atoms with Crippen molar-refractivity contribution in [3.63, 3.8) is 0 Å². The summed E-state index contributed by atoms with van der Waals surface area (Å²) in [4.78, 5) is 2.42. The first-order valence-corrected chi connectivity index (χ1v) is 7.27. The maximum atomic E-state index is 5.57. The Morgan fingerprint density at radius 1 is 0.947 bits per heavy atom. The minimum Gasteiger partial charge on any atom is -0.382 e. The Labute approximate surface area is 118 Å². The Morgan fingerprint density at radius 3 is 2.16 bits per heavy atom. The summed E-state index contributed by atoms with van der Waals surface area (Å²) < 4.78 is 15.8. The molecule has 0 saturated heterocycles. The Hall–Kier alpha value is -0.200. The summed E-state index contributed by atoms with van der Waals surface area (Å²) in [7, 11) is 1.67. The fourth-order valence-electron chi connectivity index (χ4n) is 1.78. The van der Waals surface area contributed by atoms with Crippen molar-refractivity contribution in [1.82, 2.24) is 4.90 Å². The van der Waals surface area contributed by atoms with Crippen LogP contribution in [-0.2, 0) is 14.2 Å². The van der Waals surface area contributed by atoms with Crippen LogP contribution in [0.3, 0.4) is 0 Å². The van der Waals surface area contributed by atoms with E-state index in [1.807, 2.05) is 0 Å². The van der Waals surface area contributed by atoms with Crippen LogP contribution in [0.5, 0.6) is 0 Å². The quantitative estimate of drug-likeness (QED) is 0.479. The van der Waals surface area contributed by atoms with E-state index in [4.69, 9.17) is 19.9 Å². The van der Waals surface area contributed by atoms with Crippen molar-refractivity contribution in [3.8, 4) is 0 Å². The van der Waals surface area contributed by atoms with Crippen LogP contribution in [0.2, 0.25) is 0 Å². The van der Waals surface area contributed by atoms with Crippen LogP contribution in [0.15, 0.2) is 0 Å². The number of rotatable bonds is 14. The van der Waals surface area contributed by atoms with Gasteiger partial charge in [0.25, 0.3) is 0 Å². The summed E-state index contributed by atoms with van der Waals surface area (Å²) in [5.41, 5.74) is 5.56. The molecule has 0 amide bonds. The van der Waals surface area contributed by atoms with Crippen LogP contribution in [0, 0.1) is 5.92 Å². The van der Waals surface area contributed by atoms with Gasteiger partial charge in [-0.3, -0.25) is 0 Å². The van der Waals surface area contributed by atoms with Crippen LogP contribution >= 0.6 is 0 Å². The molecular formula is C14H32N2O3. The lowest BCUT2D eigenvalue weighted by Crippen LogP contribution is -2.33. The molecule has 0 atom stereocenters. The third kappa shape index (κ3) is 14.0. The molecule has 116 valence electrons. The van der Waals surface area contributed by atoms with E-state index in [9.17, 15) is 0 Å². The predicted molar refractivity (Wildman–Crippen MR) is 78.5 cm³/mol. The maximum Gasteiger partial charge on any atom is 0.0701 e. The second-order valence-corrected chi connectivity index (χ2v) is 5.05. The van der Waals surface area contributed by atoms with Gasteiger partial charge in [-0.05, 0) is 25.4 Å². The van der Waals surface area contributed by atoms with E-state index in [1.54, 1.807) is 7.11 Å². The standard InChI is InChI=1S/C14H32N2O3/c1-14(2)13-16(6-4-5-15)7-8-18-11-12-19-10-9-17-3/h14H,4-13,15H2,1-3H3. The third-order valence-electron chi connectivity index (χ3n) is 2.66. The number of nitrogens with two attached hydrogens (primary N) is 1.